The normalized spacial score (nSPS) is 11.1. The van der Waals surface area contributed by atoms with Crippen LogP contribution in [0.15, 0.2) is 29.3 Å². The Morgan fingerprint density at radius 1 is 1.11 bits per heavy atom. The number of thioether (sulfide) groups is 1. The van der Waals surface area contributed by atoms with E-state index in [-0.39, 0.29) is 5.82 Å². The molecule has 0 saturated heterocycles. The van der Waals surface area contributed by atoms with Crippen molar-refractivity contribution < 1.29 is 4.39 Å². The molecule has 0 radical (unpaired) electrons. The topological polar surface area (TPSA) is 38.7 Å². The molecule has 0 aliphatic heterocycles. The Hall–Kier alpha value is -1.53. The molecule has 3 nitrogen and oxygen atoms in total. The first kappa shape index (κ1) is 12.5. The van der Waals surface area contributed by atoms with Crippen LogP contribution in [0, 0.1) is 12.7 Å². The highest BCUT2D eigenvalue weighted by Gasteiger charge is 2.12. The molecule has 0 spiro atoms. The van der Waals surface area contributed by atoms with E-state index in [2.05, 4.69) is 15.0 Å². The summed E-state index contributed by atoms with van der Waals surface area (Å²) >= 11 is 3.06. The summed E-state index contributed by atoms with van der Waals surface area (Å²) in [6, 6.07) is 6.33. The predicted octanol–water partition coefficient (Wildman–Crippen LogP) is 3.92. The third-order valence-electron chi connectivity index (χ3n) is 2.62. The number of halogens is 1. The second kappa shape index (κ2) is 4.86. The van der Waals surface area contributed by atoms with E-state index in [1.807, 2.05) is 13.2 Å². The number of hydrogen-bond donors (Lipinski definition) is 0. The third kappa shape index (κ3) is 2.33. The van der Waals surface area contributed by atoms with Crippen LogP contribution in [0.3, 0.4) is 0 Å². The van der Waals surface area contributed by atoms with Crippen molar-refractivity contribution in [1.82, 2.24) is 15.0 Å². The van der Waals surface area contributed by atoms with Gasteiger partial charge >= 0.3 is 0 Å². The summed E-state index contributed by atoms with van der Waals surface area (Å²) in [5.41, 5.74) is 1.72. The molecule has 0 fully saturated rings. The lowest BCUT2D eigenvalue weighted by atomic mass is 10.2. The first-order chi connectivity index (χ1) is 9.17. The molecule has 3 aromatic rings. The molecular weight excluding hydrogens is 281 g/mol. The summed E-state index contributed by atoms with van der Waals surface area (Å²) in [6.07, 6.45) is 1.97. The fraction of sp³-hybridized carbons (Fsp3) is 0.154. The van der Waals surface area contributed by atoms with Crippen molar-refractivity contribution in [2.45, 2.75) is 11.9 Å². The summed E-state index contributed by atoms with van der Waals surface area (Å²) in [6.45, 7) is 1.87. The zero-order chi connectivity index (χ0) is 13.4. The summed E-state index contributed by atoms with van der Waals surface area (Å²) in [7, 11) is 0. The Balaban J connectivity index is 2.18. The quantitative estimate of drug-likeness (QED) is 0.530. The minimum atomic E-state index is -0.245. The molecule has 0 bridgehead atoms. The van der Waals surface area contributed by atoms with Gasteiger partial charge in [0.2, 0.25) is 0 Å². The minimum absolute atomic E-state index is 0.245. The second-order valence-electron chi connectivity index (χ2n) is 3.96. The lowest BCUT2D eigenvalue weighted by molar-refractivity contribution is 0.628. The van der Waals surface area contributed by atoms with Crippen LogP contribution in [0.4, 0.5) is 4.39 Å². The smallest absolute Gasteiger partial charge is 0.148 e. The van der Waals surface area contributed by atoms with Gasteiger partial charge < -0.3 is 0 Å². The Labute approximate surface area is 117 Å². The van der Waals surface area contributed by atoms with Crippen LogP contribution in [-0.4, -0.2) is 21.2 Å². The van der Waals surface area contributed by atoms with Crippen molar-refractivity contribution in [2.24, 2.45) is 0 Å². The van der Waals surface area contributed by atoms with Crippen LogP contribution in [-0.2, 0) is 0 Å². The SMILES string of the molecule is CSc1nc(C)nc2sc(-c3ccc(F)cc3)nc12. The zero-order valence-electron chi connectivity index (χ0n) is 10.3. The van der Waals surface area contributed by atoms with Gasteiger partial charge in [0.25, 0.3) is 0 Å². The standard InChI is InChI=1S/C13H10FN3S2/c1-7-15-12(18-2)10-13(16-7)19-11(17-10)8-3-5-9(14)6-4-8/h3-6H,1-2H3. The maximum atomic E-state index is 12.9. The number of fused-ring (bicyclic) bond motifs is 1. The predicted molar refractivity (Wildman–Crippen MR) is 77.1 cm³/mol. The van der Waals surface area contributed by atoms with Crippen LogP contribution >= 0.6 is 23.1 Å². The first-order valence-electron chi connectivity index (χ1n) is 5.62. The number of aromatic nitrogens is 3. The first-order valence-corrected chi connectivity index (χ1v) is 7.66. The summed E-state index contributed by atoms with van der Waals surface area (Å²) < 4.78 is 12.9. The molecule has 0 amide bonds. The van der Waals surface area contributed by atoms with Crippen molar-refractivity contribution in [3.63, 3.8) is 0 Å². The average molecular weight is 291 g/mol. The van der Waals surface area contributed by atoms with Crippen LogP contribution < -0.4 is 0 Å². The molecule has 2 heterocycles. The minimum Gasteiger partial charge on any atom is -0.231 e. The van der Waals surface area contributed by atoms with Gasteiger partial charge in [0.05, 0.1) is 0 Å². The van der Waals surface area contributed by atoms with Gasteiger partial charge in [0.1, 0.15) is 32.0 Å². The van der Waals surface area contributed by atoms with Crippen LogP contribution in [0.5, 0.6) is 0 Å². The maximum absolute atomic E-state index is 12.9. The van der Waals surface area contributed by atoms with Gasteiger partial charge in [-0.05, 0) is 37.4 Å². The highest BCUT2D eigenvalue weighted by Crippen LogP contribution is 2.32. The van der Waals surface area contributed by atoms with E-state index in [0.29, 0.717) is 0 Å². The van der Waals surface area contributed by atoms with E-state index in [1.165, 1.54) is 23.5 Å². The molecule has 0 N–H and O–H groups in total. The lowest BCUT2D eigenvalue weighted by Crippen LogP contribution is -1.90. The summed E-state index contributed by atoms with van der Waals surface area (Å²) in [5, 5.41) is 1.72. The molecule has 0 unspecified atom stereocenters. The van der Waals surface area contributed by atoms with Crippen molar-refractivity contribution in [1.29, 1.82) is 0 Å². The van der Waals surface area contributed by atoms with E-state index < -0.39 is 0 Å². The van der Waals surface area contributed by atoms with E-state index in [4.69, 9.17) is 0 Å². The molecule has 96 valence electrons. The van der Waals surface area contributed by atoms with E-state index in [0.717, 1.165) is 31.8 Å². The van der Waals surface area contributed by atoms with Crippen molar-refractivity contribution >= 4 is 33.4 Å². The lowest BCUT2D eigenvalue weighted by Gasteiger charge is -1.97. The largest absolute Gasteiger partial charge is 0.231 e. The van der Waals surface area contributed by atoms with Crippen molar-refractivity contribution in [3.8, 4) is 10.6 Å². The van der Waals surface area contributed by atoms with Gasteiger partial charge in [-0.3, -0.25) is 0 Å². The monoisotopic (exact) mass is 291 g/mol. The van der Waals surface area contributed by atoms with E-state index in [9.17, 15) is 4.39 Å². The molecule has 3 rings (SSSR count). The molecule has 0 saturated carbocycles. The van der Waals surface area contributed by atoms with Crippen LogP contribution in [0.2, 0.25) is 0 Å². The fourth-order valence-corrected chi connectivity index (χ4v) is 3.37. The molecular formula is C13H10FN3S2. The Bertz CT molecular complexity index is 737. The van der Waals surface area contributed by atoms with Gasteiger partial charge in [0, 0.05) is 5.56 Å². The number of thiazole rings is 1. The van der Waals surface area contributed by atoms with Gasteiger partial charge in [-0.15, -0.1) is 11.8 Å². The summed E-state index contributed by atoms with van der Waals surface area (Å²) in [5.74, 6) is 0.497. The van der Waals surface area contributed by atoms with E-state index >= 15 is 0 Å². The second-order valence-corrected chi connectivity index (χ2v) is 5.73. The maximum Gasteiger partial charge on any atom is 0.148 e. The number of rotatable bonds is 2. The molecule has 1 aromatic carbocycles. The number of nitrogens with zero attached hydrogens (tertiary/aromatic N) is 3. The number of benzene rings is 1. The summed E-state index contributed by atoms with van der Waals surface area (Å²) in [4.78, 5) is 14.2. The van der Waals surface area contributed by atoms with Gasteiger partial charge in [-0.25, -0.2) is 19.3 Å². The Morgan fingerprint density at radius 2 is 1.84 bits per heavy atom. The number of aryl methyl sites for hydroxylation is 1. The average Bonchev–Trinajstić information content (AvgIpc) is 2.82. The molecule has 6 heteroatoms. The Kier molecular flexibility index (Phi) is 3.20. The molecule has 0 aliphatic rings. The fourth-order valence-electron chi connectivity index (χ4n) is 1.76. The highest BCUT2D eigenvalue weighted by atomic mass is 32.2. The highest BCUT2D eigenvalue weighted by molar-refractivity contribution is 7.98. The van der Waals surface area contributed by atoms with Crippen LogP contribution in [0.1, 0.15) is 5.82 Å². The molecule has 19 heavy (non-hydrogen) atoms. The molecule has 0 atom stereocenters. The van der Waals surface area contributed by atoms with Crippen molar-refractivity contribution in [3.05, 3.63) is 35.9 Å². The van der Waals surface area contributed by atoms with E-state index in [1.54, 1.807) is 23.9 Å². The molecule has 2 aromatic heterocycles. The number of hydrogen-bond acceptors (Lipinski definition) is 5. The van der Waals surface area contributed by atoms with Crippen molar-refractivity contribution in [2.75, 3.05) is 6.26 Å². The van der Waals surface area contributed by atoms with Gasteiger partial charge in [-0.2, -0.15) is 0 Å². The van der Waals surface area contributed by atoms with Gasteiger partial charge in [0.15, 0.2) is 0 Å². The zero-order valence-corrected chi connectivity index (χ0v) is 12.0. The van der Waals surface area contributed by atoms with Crippen LogP contribution in [0.25, 0.3) is 20.9 Å². The Morgan fingerprint density at radius 3 is 2.53 bits per heavy atom. The third-order valence-corrected chi connectivity index (χ3v) is 4.29. The molecule has 0 aliphatic carbocycles. The van der Waals surface area contributed by atoms with Gasteiger partial charge in [-0.1, -0.05) is 11.3 Å².